The second-order valence-electron chi connectivity index (χ2n) is 24.7. The number of esters is 1. The Balaban J connectivity index is 0.895. The number of carbonyl (C=O) groups is 5. The highest BCUT2D eigenvalue weighted by Gasteiger charge is 2.45. The molecule has 3 aliphatic heterocycles. The molecule has 3 amide bonds. The van der Waals surface area contributed by atoms with Crippen molar-refractivity contribution in [1.82, 2.24) is 10.2 Å². The van der Waals surface area contributed by atoms with Gasteiger partial charge in [-0.2, -0.15) is 0 Å². The van der Waals surface area contributed by atoms with Crippen molar-refractivity contribution in [1.29, 1.82) is 0 Å². The van der Waals surface area contributed by atoms with Crippen LogP contribution < -0.4 is 10.6 Å². The van der Waals surface area contributed by atoms with Crippen LogP contribution in [0.2, 0.25) is 0 Å². The summed E-state index contributed by atoms with van der Waals surface area (Å²) in [6.07, 6.45) is 7.84. The van der Waals surface area contributed by atoms with Gasteiger partial charge in [-0.1, -0.05) is 133 Å². The molecule has 16 heteroatoms. The molecule has 83 heavy (non-hydrogen) atoms. The molecular weight excluding hydrogens is 1050 g/mol. The van der Waals surface area contributed by atoms with Crippen molar-refractivity contribution in [3.63, 3.8) is 0 Å². The minimum atomic E-state index is -1.01. The molecule has 12 atom stereocenters. The molecule has 4 aliphatic rings. The molecule has 452 valence electrons. The van der Waals surface area contributed by atoms with Gasteiger partial charge in [-0.3, -0.25) is 19.3 Å². The first-order valence-corrected chi connectivity index (χ1v) is 30.2. The largest absolute Gasteiger partial charge is 0.457 e. The van der Waals surface area contributed by atoms with Crippen molar-refractivity contribution < 1.29 is 62.4 Å². The number of alkyl carbamates (subject to hydrolysis) is 1. The first kappa shape index (κ1) is 64.4. The third-order valence-corrected chi connectivity index (χ3v) is 17.5. The number of anilines is 1. The minimum Gasteiger partial charge on any atom is -0.457 e. The number of aliphatic hydroxyl groups excluding tert-OH is 2. The zero-order valence-corrected chi connectivity index (χ0v) is 50.9. The van der Waals surface area contributed by atoms with Crippen molar-refractivity contribution in [2.45, 2.75) is 168 Å². The Bertz CT molecular complexity index is 2740. The van der Waals surface area contributed by atoms with E-state index in [-0.39, 0.29) is 85.5 Å². The molecule has 0 spiro atoms. The number of likely N-dealkylation sites (N-methyl/N-ethyl adjacent to an activating group) is 1. The van der Waals surface area contributed by atoms with Crippen molar-refractivity contribution in [2.75, 3.05) is 51.8 Å². The molecule has 4 N–H and O–H groups in total. The number of nitrogens with one attached hydrogen (secondary N) is 2. The van der Waals surface area contributed by atoms with Gasteiger partial charge >= 0.3 is 18.2 Å². The van der Waals surface area contributed by atoms with Crippen LogP contribution in [0, 0.1) is 29.6 Å². The lowest BCUT2D eigenvalue weighted by molar-refractivity contribution is -0.926. The predicted octanol–water partition coefficient (Wildman–Crippen LogP) is 10.7. The number of benzene rings is 3. The molecule has 0 bridgehead atoms. The van der Waals surface area contributed by atoms with E-state index < -0.39 is 54.0 Å². The van der Waals surface area contributed by atoms with Gasteiger partial charge < -0.3 is 49.0 Å². The summed E-state index contributed by atoms with van der Waals surface area (Å²) < 4.78 is 31.1. The summed E-state index contributed by atoms with van der Waals surface area (Å²) in [4.78, 5) is 69.4. The van der Waals surface area contributed by atoms with Crippen LogP contribution in [-0.4, -0.2) is 144 Å². The van der Waals surface area contributed by atoms with E-state index in [1.54, 1.807) is 11.8 Å². The lowest BCUT2D eigenvalue weighted by Crippen LogP contribution is -2.58. The topological polar surface area (TPSA) is 203 Å². The maximum Gasteiger partial charge on any atom is 0.410 e. The molecule has 2 saturated heterocycles. The zero-order chi connectivity index (χ0) is 60.2. The standard InChI is InChI=1S/C67H92N4O12/c1-12-56(73)47(9)63-58(81-63)37-43(5)19-18-20-44(6)62-45(7)25-30-59(67(10,80-13-2)32-31-50(72)39-60(75)83-62)82-66(78)70-33-35-71(11,36-34-70)40-48-26-28-49(29-27-48)68-64(76)46(8)38-57(74)61(42(3)4)69-65(77)79-41-55-53-23-16-14-21-51(53)52-22-15-17-24-54(52)55/h14-30,42-43,45-47,50,55-56,58-59,61-63,72-73H,12-13,31-41H2,1-11H3,(H-,68,69,76,77)/p+1/b19-18+,30-25+,44-20+/t43-,45+,46-,47-,50-,56+,58?,59+,61+,62-,63?,67-/m1/s1. The quantitative estimate of drug-likeness (QED) is 0.0185. The average molecular weight is 1150 g/mol. The van der Waals surface area contributed by atoms with Gasteiger partial charge in [-0.15, -0.1) is 0 Å². The third kappa shape index (κ3) is 17.2. The molecule has 2 unspecified atom stereocenters. The normalized spacial score (nSPS) is 26.0. The van der Waals surface area contributed by atoms with Gasteiger partial charge in [0.25, 0.3) is 0 Å². The number of epoxide rings is 1. The number of hydrogen-bond donors (Lipinski definition) is 4. The first-order valence-electron chi connectivity index (χ1n) is 30.2. The number of ketones is 1. The van der Waals surface area contributed by atoms with Gasteiger partial charge in [0.1, 0.15) is 24.9 Å². The van der Waals surface area contributed by atoms with Crippen LogP contribution in [-0.2, 0) is 44.6 Å². The Kier molecular flexibility index (Phi) is 22.6. The molecule has 3 heterocycles. The summed E-state index contributed by atoms with van der Waals surface area (Å²) in [5.74, 6) is -2.09. The summed E-state index contributed by atoms with van der Waals surface area (Å²) in [6, 6.07) is 23.0. The number of aliphatic hydroxyl groups is 2. The molecule has 7 rings (SSSR count). The van der Waals surface area contributed by atoms with E-state index in [4.69, 9.17) is 23.7 Å². The van der Waals surface area contributed by atoms with E-state index in [2.05, 4.69) is 54.9 Å². The average Bonchev–Trinajstić information content (AvgIpc) is 3.14. The van der Waals surface area contributed by atoms with Gasteiger partial charge in [0.2, 0.25) is 5.91 Å². The molecule has 3 aromatic rings. The van der Waals surface area contributed by atoms with Gasteiger partial charge in [0.15, 0.2) is 11.9 Å². The van der Waals surface area contributed by atoms with Gasteiger partial charge in [0.05, 0.1) is 70.1 Å². The molecule has 1 aliphatic carbocycles. The van der Waals surface area contributed by atoms with Gasteiger partial charge in [-0.25, -0.2) is 9.59 Å². The SMILES string of the molecule is CCO[C@]1(C)CC[C@@H](O)CC(=O)O[C@H](/C(C)=C/C=C/[C@@H](C)CC2OC2[C@H](C)[C@@H](O)CC)[C@@H](C)/C=C/[C@@H]1OC(=O)N1CC[N+](C)(Cc2ccc(NC(=O)[C@H](C)CC(=O)[C@@H](NC(=O)OCC3c4ccccc4-c4ccccc43)C(C)C)cc2)CC1. The highest BCUT2D eigenvalue weighted by Crippen LogP contribution is 2.45. The van der Waals surface area contributed by atoms with Crippen LogP contribution in [0.3, 0.4) is 0 Å². The summed E-state index contributed by atoms with van der Waals surface area (Å²) in [7, 11) is 2.16. The fourth-order valence-corrected chi connectivity index (χ4v) is 12.0. The van der Waals surface area contributed by atoms with E-state index in [0.29, 0.717) is 62.3 Å². The monoisotopic (exact) mass is 1150 g/mol. The molecule has 2 fully saturated rings. The van der Waals surface area contributed by atoms with E-state index in [1.807, 2.05) is 128 Å². The van der Waals surface area contributed by atoms with Crippen molar-refractivity contribution in [3.8, 4) is 11.1 Å². The lowest BCUT2D eigenvalue weighted by Gasteiger charge is -2.43. The second-order valence-corrected chi connectivity index (χ2v) is 24.7. The summed E-state index contributed by atoms with van der Waals surface area (Å²) >= 11 is 0. The summed E-state index contributed by atoms with van der Waals surface area (Å²) in [5, 5.41) is 27.1. The van der Waals surface area contributed by atoms with Crippen molar-refractivity contribution >= 4 is 35.5 Å². The van der Waals surface area contributed by atoms with Crippen molar-refractivity contribution in [2.24, 2.45) is 29.6 Å². The van der Waals surface area contributed by atoms with E-state index in [1.165, 1.54) is 0 Å². The number of hydrogen-bond acceptors (Lipinski definition) is 12. The number of cyclic esters (lactones) is 1. The van der Waals surface area contributed by atoms with E-state index in [0.717, 1.165) is 39.8 Å². The predicted molar refractivity (Wildman–Crippen MR) is 321 cm³/mol. The van der Waals surface area contributed by atoms with E-state index in [9.17, 15) is 34.2 Å². The molecule has 16 nitrogen and oxygen atoms in total. The smallest absolute Gasteiger partial charge is 0.410 e. The highest BCUT2D eigenvalue weighted by molar-refractivity contribution is 5.97. The number of quaternary nitrogens is 1. The minimum absolute atomic E-state index is 0.0654. The number of piperazine rings is 1. The van der Waals surface area contributed by atoms with Crippen LogP contribution in [0.4, 0.5) is 15.3 Å². The Labute approximate surface area is 492 Å². The Hall–Kier alpha value is -6.17. The molecule has 3 aromatic carbocycles. The molecule has 0 aromatic heterocycles. The second kappa shape index (κ2) is 29.1. The molecule has 0 radical (unpaired) electrons. The number of nitrogens with zero attached hydrogens (tertiary/aromatic N) is 2. The van der Waals surface area contributed by atoms with Crippen LogP contribution in [0.15, 0.2) is 109 Å². The van der Waals surface area contributed by atoms with Crippen LogP contribution in [0.1, 0.15) is 130 Å². The number of ether oxygens (including phenoxy) is 5. The Morgan fingerprint density at radius 3 is 2.20 bits per heavy atom. The number of Topliss-reactive ketones (excluding diaryl/α,β-unsaturated/α-hetero) is 1. The number of rotatable bonds is 22. The van der Waals surface area contributed by atoms with Crippen LogP contribution in [0.25, 0.3) is 11.1 Å². The maximum absolute atomic E-state index is 14.1. The Morgan fingerprint density at radius 1 is 0.928 bits per heavy atom. The zero-order valence-electron chi connectivity index (χ0n) is 50.9. The third-order valence-electron chi connectivity index (χ3n) is 17.5. The number of fused-ring (bicyclic) bond motifs is 3. The molecular formula is C67H93N4O12+. The van der Waals surface area contributed by atoms with Crippen LogP contribution in [0.5, 0.6) is 0 Å². The Morgan fingerprint density at radius 2 is 1.58 bits per heavy atom. The van der Waals surface area contributed by atoms with Gasteiger partial charge in [0, 0.05) is 48.0 Å². The number of allylic oxidation sites excluding steroid dienone is 3. The lowest BCUT2D eigenvalue weighted by atomic mass is 9.88. The highest BCUT2D eigenvalue weighted by atomic mass is 16.6. The molecule has 0 saturated carbocycles. The first-order chi connectivity index (χ1) is 39.5. The summed E-state index contributed by atoms with van der Waals surface area (Å²) in [5.41, 5.74) is 5.91. The maximum atomic E-state index is 14.1. The number of carbonyl (C=O) groups excluding carboxylic acids is 5. The van der Waals surface area contributed by atoms with E-state index >= 15 is 0 Å². The summed E-state index contributed by atoms with van der Waals surface area (Å²) in [6.45, 7) is 22.6. The van der Waals surface area contributed by atoms with Crippen LogP contribution >= 0.6 is 0 Å². The number of amides is 3. The van der Waals surface area contributed by atoms with Gasteiger partial charge in [-0.05, 0) is 104 Å². The fourth-order valence-electron chi connectivity index (χ4n) is 12.0. The fraction of sp³-hybridized carbons (Fsp3) is 0.567. The van der Waals surface area contributed by atoms with Crippen molar-refractivity contribution in [3.05, 3.63) is 125 Å².